The number of alkyl halides is 3. The standard InChI is InChI=1S/C18H19F3N2O5S/c1-2-28-11-15-7-6-13(9-22-15)17(25)23-29(26,27)16(10-24)12-4-3-5-14(8-12)18(19,20)21/h3-9,16,24H,2,10-11H2,1H3,(H,23,25). The number of amides is 1. The summed E-state index contributed by atoms with van der Waals surface area (Å²) in [5.41, 5.74) is -0.908. The van der Waals surface area contributed by atoms with Crippen LogP contribution < -0.4 is 4.72 Å². The van der Waals surface area contributed by atoms with E-state index in [1.807, 2.05) is 0 Å². The Kier molecular flexibility index (Phi) is 7.33. The molecular weight excluding hydrogens is 413 g/mol. The van der Waals surface area contributed by atoms with E-state index in [9.17, 15) is 31.5 Å². The number of sulfonamides is 1. The number of aromatic nitrogens is 1. The molecule has 1 atom stereocenters. The number of rotatable bonds is 8. The van der Waals surface area contributed by atoms with Gasteiger partial charge in [-0.25, -0.2) is 13.1 Å². The van der Waals surface area contributed by atoms with Gasteiger partial charge in [-0.05, 0) is 30.7 Å². The van der Waals surface area contributed by atoms with Crippen molar-refractivity contribution < 1.29 is 36.2 Å². The fraction of sp³-hybridized carbons (Fsp3) is 0.333. The van der Waals surface area contributed by atoms with Crippen LogP contribution >= 0.6 is 0 Å². The van der Waals surface area contributed by atoms with Gasteiger partial charge in [-0.2, -0.15) is 13.2 Å². The van der Waals surface area contributed by atoms with Gasteiger partial charge in [0, 0.05) is 12.8 Å². The molecule has 1 unspecified atom stereocenters. The monoisotopic (exact) mass is 432 g/mol. The van der Waals surface area contributed by atoms with E-state index in [4.69, 9.17) is 4.74 Å². The fourth-order valence-corrected chi connectivity index (χ4v) is 3.63. The highest BCUT2D eigenvalue weighted by Crippen LogP contribution is 2.32. The summed E-state index contributed by atoms with van der Waals surface area (Å²) in [6.07, 6.45) is -3.53. The van der Waals surface area contributed by atoms with Crippen LogP contribution in [-0.4, -0.2) is 37.6 Å². The third kappa shape index (κ3) is 5.99. The van der Waals surface area contributed by atoms with Crippen LogP contribution in [-0.2, 0) is 27.5 Å². The van der Waals surface area contributed by atoms with Gasteiger partial charge in [-0.3, -0.25) is 9.78 Å². The Labute approximate surface area is 165 Å². The molecule has 0 saturated heterocycles. The van der Waals surface area contributed by atoms with Crippen molar-refractivity contribution in [2.24, 2.45) is 0 Å². The summed E-state index contributed by atoms with van der Waals surface area (Å²) in [7, 11) is -4.53. The molecule has 0 spiro atoms. The summed E-state index contributed by atoms with van der Waals surface area (Å²) in [5.74, 6) is -1.02. The van der Waals surface area contributed by atoms with Crippen molar-refractivity contribution in [3.63, 3.8) is 0 Å². The zero-order chi connectivity index (χ0) is 21.7. The quantitative estimate of drug-likeness (QED) is 0.664. The van der Waals surface area contributed by atoms with Gasteiger partial charge < -0.3 is 9.84 Å². The normalized spacial score (nSPS) is 13.1. The summed E-state index contributed by atoms with van der Waals surface area (Å²) >= 11 is 0. The van der Waals surface area contributed by atoms with E-state index in [0.29, 0.717) is 18.4 Å². The molecule has 0 aliphatic carbocycles. The van der Waals surface area contributed by atoms with Gasteiger partial charge in [-0.1, -0.05) is 18.2 Å². The summed E-state index contributed by atoms with van der Waals surface area (Å²) in [6, 6.07) is 6.37. The van der Waals surface area contributed by atoms with E-state index in [1.165, 1.54) is 12.1 Å². The lowest BCUT2D eigenvalue weighted by atomic mass is 10.1. The number of carbonyl (C=O) groups excluding carboxylic acids is 1. The second-order valence-corrected chi connectivity index (χ2v) is 7.81. The number of aliphatic hydroxyl groups excluding tert-OH is 1. The number of ether oxygens (including phenoxy) is 1. The first kappa shape index (κ1) is 22.8. The van der Waals surface area contributed by atoms with Crippen LogP contribution in [0.25, 0.3) is 0 Å². The SMILES string of the molecule is CCOCc1ccc(C(=O)NS(=O)(=O)C(CO)c2cccc(C(F)(F)F)c2)cn1. The molecule has 1 amide bonds. The van der Waals surface area contributed by atoms with E-state index < -0.39 is 39.5 Å². The van der Waals surface area contributed by atoms with Crippen LogP contribution in [0.2, 0.25) is 0 Å². The molecule has 0 bridgehead atoms. The fourth-order valence-electron chi connectivity index (χ4n) is 2.41. The topological polar surface area (TPSA) is 106 Å². The Morgan fingerprint density at radius 2 is 2.00 bits per heavy atom. The van der Waals surface area contributed by atoms with Crippen molar-refractivity contribution in [2.45, 2.75) is 25.0 Å². The summed E-state index contributed by atoms with van der Waals surface area (Å²) in [6.45, 7) is 1.48. The third-order valence-electron chi connectivity index (χ3n) is 3.90. The molecule has 29 heavy (non-hydrogen) atoms. The number of benzene rings is 1. The van der Waals surface area contributed by atoms with Crippen molar-refractivity contribution in [1.29, 1.82) is 0 Å². The van der Waals surface area contributed by atoms with Gasteiger partial charge in [0.2, 0.25) is 10.0 Å². The van der Waals surface area contributed by atoms with E-state index in [1.54, 1.807) is 11.6 Å². The zero-order valence-electron chi connectivity index (χ0n) is 15.3. The van der Waals surface area contributed by atoms with Crippen LogP contribution in [0, 0.1) is 0 Å². The highest BCUT2D eigenvalue weighted by atomic mass is 32.2. The Morgan fingerprint density at radius 1 is 1.28 bits per heavy atom. The minimum atomic E-state index is -4.68. The summed E-state index contributed by atoms with van der Waals surface area (Å²) in [4.78, 5) is 16.2. The number of carbonyl (C=O) groups is 1. The van der Waals surface area contributed by atoms with Gasteiger partial charge >= 0.3 is 6.18 Å². The molecule has 1 heterocycles. The van der Waals surface area contributed by atoms with Gasteiger partial charge in [-0.15, -0.1) is 0 Å². The Morgan fingerprint density at radius 3 is 2.55 bits per heavy atom. The highest BCUT2D eigenvalue weighted by molar-refractivity contribution is 7.90. The lowest BCUT2D eigenvalue weighted by Crippen LogP contribution is -2.36. The van der Waals surface area contributed by atoms with E-state index in [2.05, 4.69) is 4.98 Å². The summed E-state index contributed by atoms with van der Waals surface area (Å²) in [5, 5.41) is 7.71. The van der Waals surface area contributed by atoms with Crippen molar-refractivity contribution in [2.75, 3.05) is 13.2 Å². The maximum Gasteiger partial charge on any atom is 0.416 e. The van der Waals surface area contributed by atoms with Crippen LogP contribution in [0.1, 0.15) is 39.4 Å². The molecule has 2 rings (SSSR count). The predicted octanol–water partition coefficient (Wildman–Crippen LogP) is 2.43. The maximum atomic E-state index is 12.9. The number of aliphatic hydroxyl groups is 1. The molecule has 0 radical (unpaired) electrons. The Bertz CT molecular complexity index is 947. The lowest BCUT2D eigenvalue weighted by Gasteiger charge is -2.18. The number of pyridine rings is 1. The Hall–Kier alpha value is -2.50. The van der Waals surface area contributed by atoms with Crippen molar-refractivity contribution >= 4 is 15.9 Å². The minimum Gasteiger partial charge on any atom is -0.395 e. The molecule has 0 aliphatic heterocycles. The highest BCUT2D eigenvalue weighted by Gasteiger charge is 2.34. The van der Waals surface area contributed by atoms with Crippen LogP contribution in [0.5, 0.6) is 0 Å². The second-order valence-electron chi connectivity index (χ2n) is 5.95. The predicted molar refractivity (Wildman–Crippen MR) is 97.2 cm³/mol. The van der Waals surface area contributed by atoms with Gasteiger partial charge in [0.15, 0.2) is 0 Å². The average molecular weight is 432 g/mol. The number of hydrogen-bond donors (Lipinski definition) is 2. The molecule has 0 fully saturated rings. The zero-order valence-corrected chi connectivity index (χ0v) is 16.1. The molecule has 1 aromatic carbocycles. The van der Waals surface area contributed by atoms with Crippen LogP contribution in [0.15, 0.2) is 42.6 Å². The van der Waals surface area contributed by atoms with Gasteiger partial charge in [0.05, 0.1) is 30.0 Å². The molecule has 11 heteroatoms. The minimum absolute atomic E-state index is 0.0745. The first-order valence-electron chi connectivity index (χ1n) is 8.45. The van der Waals surface area contributed by atoms with Crippen molar-refractivity contribution in [3.05, 3.63) is 65.0 Å². The molecule has 1 aromatic heterocycles. The van der Waals surface area contributed by atoms with Crippen LogP contribution in [0.3, 0.4) is 0 Å². The third-order valence-corrected chi connectivity index (χ3v) is 5.54. The lowest BCUT2D eigenvalue weighted by molar-refractivity contribution is -0.137. The number of halogens is 3. The molecular formula is C18H19F3N2O5S. The average Bonchev–Trinajstić information content (AvgIpc) is 2.66. The van der Waals surface area contributed by atoms with E-state index in [0.717, 1.165) is 24.4 Å². The molecule has 158 valence electrons. The van der Waals surface area contributed by atoms with Gasteiger partial charge in [0.25, 0.3) is 5.91 Å². The molecule has 0 saturated carbocycles. The summed E-state index contributed by atoms with van der Waals surface area (Å²) < 4.78 is 70.6. The Balaban J connectivity index is 2.21. The first-order chi connectivity index (χ1) is 13.6. The van der Waals surface area contributed by atoms with Gasteiger partial charge in [0.1, 0.15) is 5.25 Å². The second kappa shape index (κ2) is 9.33. The molecule has 0 aliphatic rings. The van der Waals surface area contributed by atoms with E-state index >= 15 is 0 Å². The first-order valence-corrected chi connectivity index (χ1v) is 9.99. The molecule has 7 nitrogen and oxygen atoms in total. The largest absolute Gasteiger partial charge is 0.416 e. The van der Waals surface area contributed by atoms with Crippen LogP contribution in [0.4, 0.5) is 13.2 Å². The van der Waals surface area contributed by atoms with E-state index in [-0.39, 0.29) is 17.7 Å². The number of hydrogen-bond acceptors (Lipinski definition) is 6. The number of nitrogens with zero attached hydrogens (tertiary/aromatic N) is 1. The molecule has 2 aromatic rings. The molecule has 2 N–H and O–H groups in total. The van der Waals surface area contributed by atoms with Crippen molar-refractivity contribution in [3.8, 4) is 0 Å². The maximum absolute atomic E-state index is 12.9. The smallest absolute Gasteiger partial charge is 0.395 e. The van der Waals surface area contributed by atoms with Crippen molar-refractivity contribution in [1.82, 2.24) is 9.71 Å². The number of nitrogens with one attached hydrogen (secondary N) is 1.